The number of amides is 1. The number of rotatable bonds is 8. The summed E-state index contributed by atoms with van der Waals surface area (Å²) in [5, 5.41) is 2.54. The fourth-order valence-electron chi connectivity index (χ4n) is 1.09. The Morgan fingerprint density at radius 2 is 1.83 bits per heavy atom. The van der Waals surface area contributed by atoms with Gasteiger partial charge in [0, 0.05) is 0 Å². The van der Waals surface area contributed by atoms with Crippen molar-refractivity contribution in [2.45, 2.75) is 32.6 Å². The number of hydrogen-bond donors (Lipinski definition) is 2. The van der Waals surface area contributed by atoms with E-state index in [2.05, 4.69) is 11.1 Å². The van der Waals surface area contributed by atoms with E-state index in [0.717, 1.165) is 0 Å². The number of quaternary nitrogens is 1. The summed E-state index contributed by atoms with van der Waals surface area (Å²) in [7, 11) is -3.32. The highest BCUT2D eigenvalue weighted by molar-refractivity contribution is 7.54. The van der Waals surface area contributed by atoms with Gasteiger partial charge in [-0.1, -0.05) is 0 Å². The van der Waals surface area contributed by atoms with Crippen molar-refractivity contribution in [2.24, 2.45) is 0 Å². The van der Waals surface area contributed by atoms with Gasteiger partial charge in [-0.3, -0.25) is 9.36 Å². The Kier molecular flexibility index (Phi) is 11.4. The summed E-state index contributed by atoms with van der Waals surface area (Å²) < 4.78 is 22.5. The molecule has 0 saturated heterocycles. The van der Waals surface area contributed by atoms with Gasteiger partial charge in [0.1, 0.15) is 5.78 Å². The molecule has 0 rings (SSSR count). The molecule has 0 aromatic rings. The molecule has 0 radical (unpaired) electrons. The van der Waals surface area contributed by atoms with E-state index in [1.54, 1.807) is 20.8 Å². The second-order valence-corrected chi connectivity index (χ2v) is 6.09. The van der Waals surface area contributed by atoms with Crippen LogP contribution in [-0.2, 0) is 18.4 Å². The van der Waals surface area contributed by atoms with Crippen molar-refractivity contribution in [2.75, 3.05) is 19.1 Å². The summed E-state index contributed by atoms with van der Waals surface area (Å²) in [4.78, 5) is 11.5. The first-order valence-electron chi connectivity index (χ1n) is 5.49. The smallest absolute Gasteiger partial charge is 0.352 e. The lowest BCUT2D eigenvalue weighted by Crippen LogP contribution is -3.00. The molecule has 0 fully saturated rings. The van der Waals surface area contributed by atoms with Crippen LogP contribution in [0.4, 0.5) is 0 Å². The average molecular weight is 323 g/mol. The number of halogens is 2. The molecule has 0 spiro atoms. The molecule has 0 aromatic heterocycles. The molecule has 0 aliphatic heterocycles. The molecular weight excluding hydrogens is 302 g/mol. The van der Waals surface area contributed by atoms with Crippen LogP contribution >= 0.6 is 19.2 Å². The van der Waals surface area contributed by atoms with E-state index in [4.69, 9.17) is 20.6 Å². The highest BCUT2D eigenvalue weighted by Gasteiger charge is 2.34. The molecule has 0 saturated carbocycles. The largest absolute Gasteiger partial charge is 1.00 e. The Morgan fingerprint density at radius 1 is 1.39 bits per heavy atom. The third-order valence-corrected chi connectivity index (χ3v) is 4.69. The van der Waals surface area contributed by atoms with E-state index in [1.807, 2.05) is 0 Å². The molecular formula is C9H21Cl2N2O4P. The summed E-state index contributed by atoms with van der Waals surface area (Å²) >= 11 is 5.51. The fraction of sp³-hybridized carbons (Fsp3) is 0.889. The van der Waals surface area contributed by atoms with E-state index in [-0.39, 0.29) is 37.4 Å². The Bertz CT molecular complexity index is 284. The lowest BCUT2D eigenvalue weighted by Gasteiger charge is -2.24. The van der Waals surface area contributed by atoms with E-state index in [0.29, 0.717) is 0 Å². The molecule has 1 unspecified atom stereocenters. The zero-order valence-electron chi connectivity index (χ0n) is 10.8. The van der Waals surface area contributed by atoms with Gasteiger partial charge in [-0.15, -0.1) is 11.6 Å². The third kappa shape index (κ3) is 6.36. The maximum Gasteiger partial charge on any atom is 0.352 e. The van der Waals surface area contributed by atoms with Crippen LogP contribution in [-0.4, -0.2) is 36.8 Å². The van der Waals surface area contributed by atoms with Crippen molar-refractivity contribution >= 4 is 25.1 Å². The lowest BCUT2D eigenvalue weighted by atomic mass is 10.3. The molecule has 18 heavy (non-hydrogen) atoms. The molecule has 9 heteroatoms. The van der Waals surface area contributed by atoms with Gasteiger partial charge in [-0.05, 0) is 20.8 Å². The molecule has 1 amide bonds. The molecule has 0 heterocycles. The van der Waals surface area contributed by atoms with Crippen molar-refractivity contribution in [3.8, 4) is 0 Å². The van der Waals surface area contributed by atoms with Crippen LogP contribution in [0.25, 0.3) is 0 Å². The van der Waals surface area contributed by atoms with Gasteiger partial charge in [-0.25, -0.2) is 0 Å². The predicted molar refractivity (Wildman–Crippen MR) is 65.9 cm³/mol. The van der Waals surface area contributed by atoms with E-state index in [1.165, 1.54) is 0 Å². The number of carbonyl (C=O) groups excluding carboxylic acids is 1. The van der Waals surface area contributed by atoms with Crippen molar-refractivity contribution in [3.63, 3.8) is 0 Å². The highest BCUT2D eigenvalue weighted by atomic mass is 35.5. The number of nitrogens with one attached hydrogen (secondary N) is 1. The molecule has 4 N–H and O–H groups in total. The van der Waals surface area contributed by atoms with Gasteiger partial charge in [0.2, 0.25) is 0 Å². The Hall–Kier alpha value is 0.160. The van der Waals surface area contributed by atoms with E-state index in [9.17, 15) is 9.36 Å². The zero-order valence-corrected chi connectivity index (χ0v) is 13.2. The van der Waals surface area contributed by atoms with Crippen LogP contribution in [0, 0.1) is 0 Å². The number of alkyl halides is 1. The van der Waals surface area contributed by atoms with Crippen LogP contribution < -0.4 is 23.5 Å². The molecule has 0 aliphatic carbocycles. The first-order valence-corrected chi connectivity index (χ1v) is 7.64. The minimum absolute atomic E-state index is 0. The minimum Gasteiger partial charge on any atom is -1.00 e. The lowest BCUT2D eigenvalue weighted by molar-refractivity contribution is -0.396. The fourth-order valence-corrected chi connectivity index (χ4v) is 2.76. The minimum atomic E-state index is -3.32. The van der Waals surface area contributed by atoms with Crippen LogP contribution in [0.2, 0.25) is 0 Å². The Labute approximate surface area is 119 Å². The van der Waals surface area contributed by atoms with Crippen LogP contribution in [0.15, 0.2) is 0 Å². The maximum atomic E-state index is 12.2. The predicted octanol–water partition coefficient (Wildman–Crippen LogP) is -2.43. The van der Waals surface area contributed by atoms with E-state index < -0.39 is 19.4 Å². The van der Waals surface area contributed by atoms with Crippen LogP contribution in [0.1, 0.15) is 20.8 Å². The normalized spacial score (nSPS) is 14.5. The third-order valence-electron chi connectivity index (χ3n) is 2.00. The SMILES string of the molecule is CCOP(=O)(OCC)C(C)NC(=O)[C@@H]([NH3+])CCl.[Cl-]. The monoisotopic (exact) mass is 322 g/mol. The first-order chi connectivity index (χ1) is 7.91. The molecule has 110 valence electrons. The molecule has 0 aliphatic rings. The van der Waals surface area contributed by atoms with Crippen molar-refractivity contribution in [3.05, 3.63) is 0 Å². The van der Waals surface area contributed by atoms with Crippen LogP contribution in [0.5, 0.6) is 0 Å². The van der Waals surface area contributed by atoms with Gasteiger partial charge in [0.05, 0.1) is 19.1 Å². The Balaban J connectivity index is 0. The van der Waals surface area contributed by atoms with Crippen LogP contribution in [0.3, 0.4) is 0 Å². The summed E-state index contributed by atoms with van der Waals surface area (Å²) in [5.41, 5.74) is 3.57. The molecule has 0 bridgehead atoms. The molecule has 2 atom stereocenters. The summed E-state index contributed by atoms with van der Waals surface area (Å²) in [6.45, 7) is 5.50. The highest BCUT2D eigenvalue weighted by Crippen LogP contribution is 2.51. The summed E-state index contributed by atoms with van der Waals surface area (Å²) in [6, 6.07) is -0.587. The standard InChI is InChI=1S/C9H20ClN2O4P.ClH/c1-4-15-17(14,16-5-2)7(3)12-9(13)8(11)6-10;/h7-8H,4-6,11H2,1-3H3,(H,12,13);1H/t7?,8-;/m0./s1. The molecule has 6 nitrogen and oxygen atoms in total. The quantitative estimate of drug-likeness (QED) is 0.384. The first kappa shape index (κ1) is 20.5. The molecule has 0 aromatic carbocycles. The van der Waals surface area contributed by atoms with E-state index >= 15 is 0 Å². The van der Waals surface area contributed by atoms with Gasteiger partial charge in [0.15, 0.2) is 6.04 Å². The van der Waals surface area contributed by atoms with Gasteiger partial charge >= 0.3 is 7.60 Å². The maximum absolute atomic E-state index is 12.2. The Morgan fingerprint density at radius 3 is 2.17 bits per heavy atom. The summed E-state index contributed by atoms with van der Waals surface area (Å²) in [6.07, 6.45) is 0. The second kappa shape index (κ2) is 10.0. The van der Waals surface area contributed by atoms with Crippen molar-refractivity contribution < 1.29 is 36.5 Å². The van der Waals surface area contributed by atoms with Crippen molar-refractivity contribution in [1.29, 1.82) is 0 Å². The average Bonchev–Trinajstić information content (AvgIpc) is 2.28. The summed E-state index contributed by atoms with van der Waals surface area (Å²) in [5.74, 6) is -0.985. The topological polar surface area (TPSA) is 92.3 Å². The number of hydrogen-bond acceptors (Lipinski definition) is 4. The zero-order chi connectivity index (χ0) is 13.5. The second-order valence-electron chi connectivity index (χ2n) is 3.41. The number of carbonyl (C=O) groups is 1. The van der Waals surface area contributed by atoms with Gasteiger partial charge in [0.25, 0.3) is 5.91 Å². The van der Waals surface area contributed by atoms with Crippen molar-refractivity contribution in [1.82, 2.24) is 5.32 Å². The van der Waals surface area contributed by atoms with Gasteiger partial charge < -0.3 is 32.5 Å². The van der Waals surface area contributed by atoms with Gasteiger partial charge in [-0.2, -0.15) is 0 Å².